The summed E-state index contributed by atoms with van der Waals surface area (Å²) in [7, 11) is 0. The lowest BCUT2D eigenvalue weighted by Gasteiger charge is -2.05. The van der Waals surface area contributed by atoms with E-state index in [0.717, 1.165) is 0 Å². The van der Waals surface area contributed by atoms with Crippen LogP contribution in [0.15, 0.2) is 30.3 Å². The Bertz CT molecular complexity index is 1520. The number of hydrogen-bond acceptors (Lipinski definition) is 4. The molecular weight excluding hydrogens is 440 g/mol. The van der Waals surface area contributed by atoms with Crippen molar-refractivity contribution in [3.63, 3.8) is 0 Å². The number of benzene rings is 1. The van der Waals surface area contributed by atoms with Crippen molar-refractivity contribution in [2.45, 2.75) is 0 Å². The molecule has 0 bridgehead atoms. The Kier molecular flexibility index (Phi) is 14.1. The predicted molar refractivity (Wildman–Crippen MR) is 129 cm³/mol. The van der Waals surface area contributed by atoms with Crippen LogP contribution in [0.2, 0.25) is 0 Å². The summed E-state index contributed by atoms with van der Waals surface area (Å²) in [6, 6.07) is 7.76. The van der Waals surface area contributed by atoms with Crippen molar-refractivity contribution < 1.29 is 19.1 Å². The number of terminal acetylenes is 1. The molecule has 0 spiro atoms. The molecule has 2 N–H and O–H groups in total. The van der Waals surface area contributed by atoms with E-state index in [0.29, 0.717) is 5.56 Å². The number of esters is 1. The summed E-state index contributed by atoms with van der Waals surface area (Å²) in [6.45, 7) is -0.660. The highest BCUT2D eigenvalue weighted by Gasteiger charge is 2.09. The third-order valence-corrected chi connectivity index (χ3v) is 3.06. The molecule has 162 valence electrons. The highest BCUT2D eigenvalue weighted by Crippen LogP contribution is 1.98. The first-order chi connectivity index (χ1) is 17.1. The molecule has 0 fully saturated rings. The molecule has 0 heterocycles. The molecule has 0 aliphatic carbocycles. The fraction of sp³-hybridized carbons (Fsp3) is 0.0690. The summed E-state index contributed by atoms with van der Waals surface area (Å²) in [4.78, 5) is 35.0. The van der Waals surface area contributed by atoms with Gasteiger partial charge in [0.25, 0.3) is 0 Å². The lowest BCUT2D eigenvalue weighted by molar-refractivity contribution is -0.135. The van der Waals surface area contributed by atoms with Gasteiger partial charge in [-0.2, -0.15) is 0 Å². The van der Waals surface area contributed by atoms with Gasteiger partial charge >= 0.3 is 12.0 Å². The van der Waals surface area contributed by atoms with Crippen molar-refractivity contribution >= 4 is 17.8 Å². The van der Waals surface area contributed by atoms with Gasteiger partial charge in [0, 0.05) is 52.9 Å². The molecule has 0 radical (unpaired) electrons. The van der Waals surface area contributed by atoms with Gasteiger partial charge in [-0.1, -0.05) is 30.3 Å². The van der Waals surface area contributed by atoms with E-state index in [9.17, 15) is 14.4 Å². The molecule has 0 saturated heterocycles. The number of Topliss-reactive ketones (excluding diaryl/α,β-unsaturated/α-hetero) is 1. The van der Waals surface area contributed by atoms with Crippen molar-refractivity contribution in [2.24, 2.45) is 0 Å². The number of carbonyl (C=O) groups is 3. The Morgan fingerprint density at radius 3 is 1.63 bits per heavy atom. The molecule has 0 aliphatic rings. The third kappa shape index (κ3) is 15.2. The molecule has 0 aromatic heterocycles. The van der Waals surface area contributed by atoms with Crippen LogP contribution >= 0.6 is 0 Å². The van der Waals surface area contributed by atoms with Crippen molar-refractivity contribution in [3.05, 3.63) is 35.9 Å². The molecule has 6 nitrogen and oxygen atoms in total. The first-order valence-electron chi connectivity index (χ1n) is 9.38. The number of ether oxygens (including phenoxy) is 1. The summed E-state index contributed by atoms with van der Waals surface area (Å²) >= 11 is 0. The maximum Gasteiger partial charge on any atom is 0.339 e. The van der Waals surface area contributed by atoms with Crippen LogP contribution in [0.5, 0.6) is 0 Å². The number of amides is 2. The number of hydrogen-bond donors (Lipinski definition) is 2. The van der Waals surface area contributed by atoms with Crippen LogP contribution in [-0.2, 0) is 9.53 Å². The first kappa shape index (κ1) is 26.7. The van der Waals surface area contributed by atoms with Gasteiger partial charge in [0.2, 0.25) is 0 Å². The fourth-order valence-corrected chi connectivity index (χ4v) is 1.69. The van der Waals surface area contributed by atoms with E-state index < -0.39 is 18.5 Å². The fourth-order valence-electron chi connectivity index (χ4n) is 1.69. The zero-order valence-electron chi connectivity index (χ0n) is 18.0. The summed E-state index contributed by atoms with van der Waals surface area (Å²) in [5.74, 6) is 37.0. The Morgan fingerprint density at radius 2 is 1.11 bits per heavy atom. The average molecular weight is 452 g/mol. The maximum absolute atomic E-state index is 11.9. The number of ketones is 1. The van der Waals surface area contributed by atoms with Crippen LogP contribution in [0.1, 0.15) is 10.4 Å². The molecule has 0 unspecified atom stereocenters. The normalized spacial score (nSPS) is 6.71. The van der Waals surface area contributed by atoms with E-state index in [1.807, 2.05) is 0 Å². The number of nitrogens with one attached hydrogen (secondary N) is 2. The highest BCUT2D eigenvalue weighted by molar-refractivity contribution is 5.99. The molecule has 1 rings (SSSR count). The molecule has 6 heteroatoms. The minimum atomic E-state index is -0.811. The second-order valence-electron chi connectivity index (χ2n) is 5.42. The van der Waals surface area contributed by atoms with Crippen molar-refractivity contribution in [2.75, 3.05) is 13.1 Å². The summed E-state index contributed by atoms with van der Waals surface area (Å²) in [5, 5.41) is 4.58. The van der Waals surface area contributed by atoms with E-state index >= 15 is 0 Å². The van der Waals surface area contributed by atoms with E-state index in [-0.39, 0.29) is 12.3 Å². The molecular formula is C29H12N2O4. The van der Waals surface area contributed by atoms with Gasteiger partial charge in [0.15, 0.2) is 5.78 Å². The van der Waals surface area contributed by atoms with Crippen LogP contribution < -0.4 is 10.6 Å². The van der Waals surface area contributed by atoms with E-state index in [4.69, 9.17) is 6.42 Å². The highest BCUT2D eigenvalue weighted by atomic mass is 16.5. The molecule has 35 heavy (non-hydrogen) atoms. The van der Waals surface area contributed by atoms with Crippen LogP contribution in [0.3, 0.4) is 0 Å². The molecule has 2 amide bonds. The topological polar surface area (TPSA) is 84.5 Å². The predicted octanol–water partition coefficient (Wildman–Crippen LogP) is 0.330. The third-order valence-electron chi connectivity index (χ3n) is 3.06. The Hall–Kier alpha value is -6.33. The van der Waals surface area contributed by atoms with Gasteiger partial charge in [-0.3, -0.25) is 4.79 Å². The Balaban J connectivity index is 2.28. The maximum atomic E-state index is 11.9. The Morgan fingerprint density at radius 1 is 0.657 bits per heavy atom. The minimum absolute atomic E-state index is 0.216. The standard InChI is InChI=1S/C29H12N2O4/c1-2-3-4-5-6-7-8-9-10-11-12-13-14-15-16-20-23-35-28(33)25-31-29(34)30-24-27(32)26-21-18-17-19-22-26/h1,17-19,21-22H,24-25H2,(H2,30,31,34). The van der Waals surface area contributed by atoms with Crippen LogP contribution in [-0.4, -0.2) is 30.9 Å². The minimum Gasteiger partial charge on any atom is -0.370 e. The molecule has 1 aromatic rings. The van der Waals surface area contributed by atoms with Gasteiger partial charge in [0.05, 0.1) is 6.54 Å². The van der Waals surface area contributed by atoms with Crippen LogP contribution in [0.25, 0.3) is 0 Å². The van der Waals surface area contributed by atoms with Gasteiger partial charge in [-0.05, 0) is 47.4 Å². The second-order valence-corrected chi connectivity index (χ2v) is 5.42. The quantitative estimate of drug-likeness (QED) is 0.383. The molecule has 0 aliphatic heterocycles. The molecule has 0 saturated carbocycles. The zero-order valence-corrected chi connectivity index (χ0v) is 18.0. The summed E-state index contributed by atoms with van der Waals surface area (Å²) < 4.78 is 4.56. The zero-order chi connectivity index (χ0) is 25.4. The number of urea groups is 1. The monoisotopic (exact) mass is 452 g/mol. The smallest absolute Gasteiger partial charge is 0.339 e. The van der Waals surface area contributed by atoms with Crippen molar-refractivity contribution in [1.29, 1.82) is 0 Å². The van der Waals surface area contributed by atoms with Gasteiger partial charge in [-0.15, -0.1) is 6.42 Å². The molecule has 1 aromatic carbocycles. The largest absolute Gasteiger partial charge is 0.370 e. The van der Waals surface area contributed by atoms with Gasteiger partial charge in [0.1, 0.15) is 12.7 Å². The SMILES string of the molecule is C#CC#CC#CC#CC#CC#CC#CC#CC#COC(=O)CNC(=O)NCC(=O)c1ccccc1. The van der Waals surface area contributed by atoms with Crippen molar-refractivity contribution in [1.82, 2.24) is 10.6 Å². The number of carbonyl (C=O) groups excluding carboxylic acids is 3. The van der Waals surface area contributed by atoms with Crippen molar-refractivity contribution in [3.8, 4) is 107 Å². The molecule has 0 atom stereocenters. The Labute approximate surface area is 204 Å². The lowest BCUT2D eigenvalue weighted by Crippen LogP contribution is -2.40. The van der Waals surface area contributed by atoms with E-state index in [2.05, 4.69) is 116 Å². The van der Waals surface area contributed by atoms with Crippen LogP contribution in [0, 0.1) is 107 Å². The average Bonchev–Trinajstić information content (AvgIpc) is 2.88. The second kappa shape index (κ2) is 18.4. The first-order valence-corrected chi connectivity index (χ1v) is 9.38. The summed E-state index contributed by atoms with van der Waals surface area (Å²) in [5.41, 5.74) is 0.463. The number of rotatable bonds is 5. The van der Waals surface area contributed by atoms with Gasteiger partial charge < -0.3 is 15.4 Å². The summed E-state index contributed by atoms with van der Waals surface area (Å²) in [6.07, 6.45) is 6.97. The van der Waals surface area contributed by atoms with Crippen LogP contribution in [0.4, 0.5) is 4.79 Å². The van der Waals surface area contributed by atoms with E-state index in [1.165, 1.54) is 0 Å². The van der Waals surface area contributed by atoms with E-state index in [1.54, 1.807) is 30.3 Å². The van der Waals surface area contributed by atoms with Gasteiger partial charge in [-0.25, -0.2) is 9.59 Å². The lowest BCUT2D eigenvalue weighted by atomic mass is 10.1.